The highest BCUT2D eigenvalue weighted by atomic mass is 16.6. The molecule has 1 unspecified atom stereocenters. The Labute approximate surface area is 214 Å². The van der Waals surface area contributed by atoms with E-state index in [1.807, 2.05) is 89.5 Å². The van der Waals surface area contributed by atoms with Crippen LogP contribution in [0.3, 0.4) is 0 Å². The summed E-state index contributed by atoms with van der Waals surface area (Å²) in [4.78, 5) is 29.2. The molecule has 1 saturated heterocycles. The molecule has 0 bridgehead atoms. The van der Waals surface area contributed by atoms with Crippen molar-refractivity contribution >= 4 is 12.2 Å². The van der Waals surface area contributed by atoms with Gasteiger partial charge in [0.05, 0.1) is 19.2 Å². The molecule has 2 atom stereocenters. The number of ether oxygens (including phenoxy) is 2. The molecule has 0 spiro atoms. The normalized spacial score (nSPS) is 20.3. The van der Waals surface area contributed by atoms with E-state index in [-0.39, 0.29) is 30.2 Å². The van der Waals surface area contributed by atoms with Crippen LogP contribution in [0.5, 0.6) is 5.75 Å². The smallest absolute Gasteiger partial charge is 0.410 e. The van der Waals surface area contributed by atoms with Gasteiger partial charge < -0.3 is 24.3 Å². The summed E-state index contributed by atoms with van der Waals surface area (Å²) < 4.78 is 11.4. The highest BCUT2D eigenvalue weighted by Gasteiger charge is 2.43. The molecule has 8 heteroatoms. The first-order valence-corrected chi connectivity index (χ1v) is 12.5. The van der Waals surface area contributed by atoms with E-state index in [0.717, 1.165) is 17.9 Å². The number of carbonyl (C=O) groups excluding carboxylic acids is 2. The minimum absolute atomic E-state index is 0.224. The van der Waals surface area contributed by atoms with E-state index in [4.69, 9.17) is 9.47 Å². The fourth-order valence-corrected chi connectivity index (χ4v) is 4.56. The average Bonchev–Trinajstić information content (AvgIpc) is 2.79. The van der Waals surface area contributed by atoms with Gasteiger partial charge in [-0.25, -0.2) is 4.79 Å². The molecule has 2 amide bonds. The largest absolute Gasteiger partial charge is 0.498 e. The zero-order valence-electron chi connectivity index (χ0n) is 22.1. The molecule has 1 fully saturated rings. The summed E-state index contributed by atoms with van der Waals surface area (Å²) in [6, 6.07) is 17.1. The van der Waals surface area contributed by atoms with Gasteiger partial charge in [-0.1, -0.05) is 42.5 Å². The fourth-order valence-electron chi connectivity index (χ4n) is 4.56. The van der Waals surface area contributed by atoms with Crippen LogP contribution >= 0.6 is 0 Å². The number of hydrogen-bond donors (Lipinski definition) is 0. The molecule has 0 radical (unpaired) electrons. The topological polar surface area (TPSA) is 82.1 Å². The minimum atomic E-state index is -1.13. The first kappa shape index (κ1) is 27.5. The molecule has 3 rings (SSSR count). The van der Waals surface area contributed by atoms with E-state index in [1.54, 1.807) is 4.90 Å². The van der Waals surface area contributed by atoms with Crippen LogP contribution in [0.2, 0.25) is 0 Å². The van der Waals surface area contributed by atoms with E-state index in [2.05, 4.69) is 4.90 Å². The van der Waals surface area contributed by atoms with Crippen LogP contribution < -0.4 is 9.84 Å². The third-order valence-electron chi connectivity index (χ3n) is 6.26. The number of rotatable bonds is 8. The molecule has 36 heavy (non-hydrogen) atoms. The summed E-state index contributed by atoms with van der Waals surface area (Å²) in [6.07, 6.45) is -1.10. The summed E-state index contributed by atoms with van der Waals surface area (Å²) in [5.74, 6) is 0.738. The quantitative estimate of drug-likeness (QED) is 0.520. The lowest BCUT2D eigenvalue weighted by molar-refractivity contribution is -0.895. The van der Waals surface area contributed by atoms with Gasteiger partial charge in [-0.05, 0) is 52.6 Å². The molecule has 0 aromatic heterocycles. The SMILES string of the molecule is CN(C)Cc1ccc(OCC[C@@H]2C[N+](Cc3ccccc3)(C(=O)[O-])CCN2C(=O)OC(C)(C)C)cc1. The van der Waals surface area contributed by atoms with E-state index >= 15 is 0 Å². The summed E-state index contributed by atoms with van der Waals surface area (Å²) in [7, 11) is 4.04. The standard InChI is InChI=1S/C28H39N3O5/c1-28(2,3)36-26(32)30-16-17-31(27(33)34,20-23-9-7-6-8-10-23)21-24(30)15-18-35-25-13-11-22(12-14-25)19-29(4)5/h6-14,24H,15-21H2,1-5H3/t24-,31?/m1/s1. The fraction of sp³-hybridized carbons (Fsp3) is 0.500. The summed E-state index contributed by atoms with van der Waals surface area (Å²) in [6.45, 7) is 7.70. The Morgan fingerprint density at radius 1 is 1.06 bits per heavy atom. The zero-order valence-corrected chi connectivity index (χ0v) is 22.1. The maximum atomic E-state index is 13.0. The lowest BCUT2D eigenvalue weighted by Gasteiger charge is -2.48. The second-order valence-corrected chi connectivity index (χ2v) is 10.8. The van der Waals surface area contributed by atoms with Gasteiger partial charge in [-0.2, -0.15) is 0 Å². The first-order valence-electron chi connectivity index (χ1n) is 12.5. The predicted octanol–water partition coefficient (Wildman–Crippen LogP) is 3.50. The van der Waals surface area contributed by atoms with Crippen molar-refractivity contribution in [2.45, 2.75) is 51.9 Å². The maximum absolute atomic E-state index is 13.0. The molecule has 2 aromatic rings. The van der Waals surface area contributed by atoms with Crippen molar-refractivity contribution in [1.29, 1.82) is 0 Å². The maximum Gasteiger partial charge on any atom is 0.410 e. The van der Waals surface area contributed by atoms with Gasteiger partial charge in [0.2, 0.25) is 0 Å². The number of benzene rings is 2. The van der Waals surface area contributed by atoms with Gasteiger partial charge >= 0.3 is 6.09 Å². The van der Waals surface area contributed by atoms with Gasteiger partial charge in [0.15, 0.2) is 0 Å². The Bertz CT molecular complexity index is 1000. The van der Waals surface area contributed by atoms with Crippen molar-refractivity contribution in [3.05, 3.63) is 65.7 Å². The zero-order chi connectivity index (χ0) is 26.3. The highest BCUT2D eigenvalue weighted by molar-refractivity contribution is 5.69. The Morgan fingerprint density at radius 2 is 1.72 bits per heavy atom. The second-order valence-electron chi connectivity index (χ2n) is 10.8. The van der Waals surface area contributed by atoms with Crippen molar-refractivity contribution in [3.8, 4) is 5.75 Å². The molecule has 0 aliphatic carbocycles. The van der Waals surface area contributed by atoms with Crippen LogP contribution in [-0.4, -0.2) is 78.4 Å². The van der Waals surface area contributed by atoms with Gasteiger partial charge in [-0.3, -0.25) is 9.38 Å². The Hall–Kier alpha value is -3.10. The van der Waals surface area contributed by atoms with Gasteiger partial charge in [0.25, 0.3) is 6.09 Å². The van der Waals surface area contributed by atoms with Crippen molar-refractivity contribution < 1.29 is 28.7 Å². The molecule has 8 nitrogen and oxygen atoms in total. The average molecular weight is 498 g/mol. The molecular weight excluding hydrogens is 458 g/mol. The van der Waals surface area contributed by atoms with Gasteiger partial charge in [-0.15, -0.1) is 0 Å². The number of amides is 2. The van der Waals surface area contributed by atoms with Crippen molar-refractivity contribution in [3.63, 3.8) is 0 Å². The van der Waals surface area contributed by atoms with Crippen LogP contribution in [-0.2, 0) is 17.8 Å². The second kappa shape index (κ2) is 11.8. The molecule has 196 valence electrons. The first-order chi connectivity index (χ1) is 17.0. The number of carboxylic acid groups (broad SMARTS) is 1. The summed E-state index contributed by atoms with van der Waals surface area (Å²) in [5.41, 5.74) is 1.46. The van der Waals surface area contributed by atoms with E-state index in [1.165, 1.54) is 5.56 Å². The van der Waals surface area contributed by atoms with Gasteiger partial charge in [0, 0.05) is 18.5 Å². The van der Waals surface area contributed by atoms with E-state index in [0.29, 0.717) is 19.6 Å². The summed E-state index contributed by atoms with van der Waals surface area (Å²) >= 11 is 0. The van der Waals surface area contributed by atoms with Crippen LogP contribution in [0.4, 0.5) is 9.59 Å². The van der Waals surface area contributed by atoms with Crippen LogP contribution in [0.1, 0.15) is 38.3 Å². The number of hydrogen-bond acceptors (Lipinski definition) is 6. The molecular formula is C28H39N3O5. The van der Waals surface area contributed by atoms with Crippen molar-refractivity contribution in [2.24, 2.45) is 0 Å². The third-order valence-corrected chi connectivity index (χ3v) is 6.26. The molecule has 1 aliphatic rings. The van der Waals surface area contributed by atoms with E-state index < -0.39 is 17.8 Å². The van der Waals surface area contributed by atoms with Crippen molar-refractivity contribution in [2.75, 3.05) is 40.3 Å². The predicted molar refractivity (Wildman–Crippen MR) is 136 cm³/mol. The molecule has 0 saturated carbocycles. The lowest BCUT2D eigenvalue weighted by atomic mass is 10.0. The lowest BCUT2D eigenvalue weighted by Crippen LogP contribution is -2.69. The summed E-state index contributed by atoms with van der Waals surface area (Å²) in [5, 5.41) is 12.4. The number of carbonyl (C=O) groups is 2. The van der Waals surface area contributed by atoms with Crippen molar-refractivity contribution in [1.82, 2.24) is 9.80 Å². The third kappa shape index (κ3) is 7.70. The number of quaternary nitrogens is 1. The Kier molecular flexibility index (Phi) is 8.98. The van der Waals surface area contributed by atoms with Crippen LogP contribution in [0.25, 0.3) is 0 Å². The van der Waals surface area contributed by atoms with Crippen LogP contribution in [0.15, 0.2) is 54.6 Å². The Balaban J connectivity index is 1.74. The Morgan fingerprint density at radius 3 is 2.31 bits per heavy atom. The highest BCUT2D eigenvalue weighted by Crippen LogP contribution is 2.26. The van der Waals surface area contributed by atoms with Crippen LogP contribution in [0, 0.1) is 0 Å². The molecule has 1 aliphatic heterocycles. The monoisotopic (exact) mass is 497 g/mol. The van der Waals surface area contributed by atoms with Gasteiger partial charge in [0.1, 0.15) is 31.0 Å². The molecule has 0 N–H and O–H groups in total. The molecule has 1 heterocycles. The number of nitrogens with zero attached hydrogens (tertiary/aromatic N) is 3. The number of piperazine rings is 1. The minimum Gasteiger partial charge on any atom is -0.498 e. The molecule has 2 aromatic carbocycles. The van der Waals surface area contributed by atoms with E-state index in [9.17, 15) is 14.7 Å².